The van der Waals surface area contributed by atoms with Gasteiger partial charge in [-0.05, 0) is 30.9 Å². The summed E-state index contributed by atoms with van der Waals surface area (Å²) in [6, 6.07) is 7.53. The van der Waals surface area contributed by atoms with Gasteiger partial charge in [-0.1, -0.05) is 32.0 Å². The lowest BCUT2D eigenvalue weighted by molar-refractivity contribution is -0.116. The highest BCUT2D eigenvalue weighted by molar-refractivity contribution is 5.90. The average molecular weight is 262 g/mol. The number of hydrogen-bond donors (Lipinski definition) is 2. The molecule has 4 heteroatoms. The van der Waals surface area contributed by atoms with Crippen molar-refractivity contribution in [2.75, 3.05) is 11.9 Å². The first-order chi connectivity index (χ1) is 9.04. The third kappa shape index (κ3) is 5.12. The van der Waals surface area contributed by atoms with Crippen molar-refractivity contribution in [3.05, 3.63) is 29.8 Å². The minimum Gasteiger partial charge on any atom is -0.337 e. The summed E-state index contributed by atoms with van der Waals surface area (Å²) >= 11 is 0. The van der Waals surface area contributed by atoms with Crippen LogP contribution in [-0.4, -0.2) is 18.4 Å². The Bertz CT molecular complexity index is 444. The van der Waals surface area contributed by atoms with E-state index in [2.05, 4.69) is 24.5 Å². The lowest BCUT2D eigenvalue weighted by Crippen LogP contribution is -2.30. The molecule has 1 rings (SSSR count). The van der Waals surface area contributed by atoms with Crippen molar-refractivity contribution in [3.63, 3.8) is 0 Å². The number of carbonyl (C=O) groups is 2. The fourth-order valence-electron chi connectivity index (χ4n) is 1.78. The van der Waals surface area contributed by atoms with Crippen LogP contribution in [0.2, 0.25) is 0 Å². The predicted molar refractivity (Wildman–Crippen MR) is 77.5 cm³/mol. The third-order valence-electron chi connectivity index (χ3n) is 3.11. The third-order valence-corrected chi connectivity index (χ3v) is 3.11. The number of amides is 2. The Hall–Kier alpha value is -1.84. The maximum absolute atomic E-state index is 11.7. The van der Waals surface area contributed by atoms with Gasteiger partial charge in [0.05, 0.1) is 0 Å². The lowest BCUT2D eigenvalue weighted by atomic mass is 9.97. The molecule has 1 aromatic carbocycles. The molecule has 0 heterocycles. The van der Waals surface area contributed by atoms with Crippen molar-refractivity contribution < 1.29 is 9.59 Å². The molecule has 0 aliphatic carbocycles. The quantitative estimate of drug-likeness (QED) is 0.826. The smallest absolute Gasteiger partial charge is 0.319 e. The van der Waals surface area contributed by atoms with Crippen LogP contribution in [0.15, 0.2) is 24.3 Å². The number of hydrogen-bond acceptors (Lipinski definition) is 2. The highest BCUT2D eigenvalue weighted by Gasteiger charge is 2.10. The standard InChI is InChI=1S/C15H22N2O2/c1-4-11(2)13-7-5-6-8-14(13)17-15(19)16-10-9-12(3)18/h5-8,11H,4,9-10H2,1-3H3,(H2,16,17,19). The maximum atomic E-state index is 11.7. The first kappa shape index (κ1) is 15.2. The zero-order chi connectivity index (χ0) is 14.3. The molecule has 4 nitrogen and oxygen atoms in total. The average Bonchev–Trinajstić information content (AvgIpc) is 2.38. The number of nitrogens with one attached hydrogen (secondary N) is 2. The zero-order valence-corrected chi connectivity index (χ0v) is 11.8. The molecule has 1 aromatic rings. The number of carbonyl (C=O) groups excluding carboxylic acids is 2. The van der Waals surface area contributed by atoms with Crippen LogP contribution in [0.3, 0.4) is 0 Å². The molecule has 0 saturated heterocycles. The molecule has 2 N–H and O–H groups in total. The summed E-state index contributed by atoms with van der Waals surface area (Å²) in [5, 5.41) is 5.51. The summed E-state index contributed by atoms with van der Waals surface area (Å²) in [4.78, 5) is 22.5. The summed E-state index contributed by atoms with van der Waals surface area (Å²) < 4.78 is 0. The van der Waals surface area contributed by atoms with Crippen molar-refractivity contribution >= 4 is 17.5 Å². The van der Waals surface area contributed by atoms with E-state index in [-0.39, 0.29) is 11.8 Å². The highest BCUT2D eigenvalue weighted by Crippen LogP contribution is 2.26. The van der Waals surface area contributed by atoms with Gasteiger partial charge in [-0.3, -0.25) is 4.79 Å². The van der Waals surface area contributed by atoms with Crippen molar-refractivity contribution in [1.29, 1.82) is 0 Å². The second-order valence-electron chi connectivity index (χ2n) is 4.73. The van der Waals surface area contributed by atoms with Gasteiger partial charge >= 0.3 is 6.03 Å². The molecule has 0 aromatic heterocycles. The first-order valence-corrected chi connectivity index (χ1v) is 6.67. The Balaban J connectivity index is 2.61. The van der Waals surface area contributed by atoms with Gasteiger partial charge < -0.3 is 10.6 Å². The molecule has 1 unspecified atom stereocenters. The number of para-hydroxylation sites is 1. The van der Waals surface area contributed by atoms with Crippen LogP contribution >= 0.6 is 0 Å². The van der Waals surface area contributed by atoms with Gasteiger partial charge in [-0.2, -0.15) is 0 Å². The fraction of sp³-hybridized carbons (Fsp3) is 0.467. The minimum absolute atomic E-state index is 0.0697. The molecule has 2 amide bonds. The van der Waals surface area contributed by atoms with Gasteiger partial charge in [0, 0.05) is 18.7 Å². The Morgan fingerprint density at radius 1 is 1.26 bits per heavy atom. The molecule has 1 atom stereocenters. The Kier molecular flexibility index (Phi) is 6.06. The van der Waals surface area contributed by atoms with E-state index in [1.807, 2.05) is 24.3 Å². The van der Waals surface area contributed by atoms with Crippen LogP contribution < -0.4 is 10.6 Å². The van der Waals surface area contributed by atoms with Crippen LogP contribution in [0.5, 0.6) is 0 Å². The summed E-state index contributed by atoms with van der Waals surface area (Å²) in [5.41, 5.74) is 1.96. The summed E-state index contributed by atoms with van der Waals surface area (Å²) in [6.45, 7) is 6.13. The summed E-state index contributed by atoms with van der Waals surface area (Å²) in [5.74, 6) is 0.467. The SMILES string of the molecule is CCC(C)c1ccccc1NC(=O)NCCC(C)=O. The van der Waals surface area contributed by atoms with Crippen LogP contribution in [0, 0.1) is 0 Å². The van der Waals surface area contributed by atoms with E-state index in [4.69, 9.17) is 0 Å². The number of benzene rings is 1. The Morgan fingerprint density at radius 3 is 2.58 bits per heavy atom. The molecular formula is C15H22N2O2. The van der Waals surface area contributed by atoms with Crippen LogP contribution in [0.4, 0.5) is 10.5 Å². The van der Waals surface area contributed by atoms with E-state index in [0.717, 1.165) is 17.7 Å². The van der Waals surface area contributed by atoms with E-state index in [1.54, 1.807) is 0 Å². The minimum atomic E-state index is -0.267. The monoisotopic (exact) mass is 262 g/mol. The molecule has 0 aliphatic rings. The molecule has 104 valence electrons. The van der Waals surface area contributed by atoms with Crippen LogP contribution in [0.1, 0.15) is 45.1 Å². The number of anilines is 1. The summed E-state index contributed by atoms with van der Waals surface area (Å²) in [6.07, 6.45) is 1.38. The molecule has 0 saturated carbocycles. The zero-order valence-electron chi connectivity index (χ0n) is 11.8. The number of urea groups is 1. The van der Waals surface area contributed by atoms with Gasteiger partial charge in [-0.25, -0.2) is 4.79 Å². The fourth-order valence-corrected chi connectivity index (χ4v) is 1.78. The molecule has 0 radical (unpaired) electrons. The molecule has 0 bridgehead atoms. The molecule has 0 aliphatic heterocycles. The van der Waals surface area contributed by atoms with E-state index in [9.17, 15) is 9.59 Å². The molecular weight excluding hydrogens is 240 g/mol. The Labute approximate surface area is 114 Å². The van der Waals surface area contributed by atoms with Crippen LogP contribution in [-0.2, 0) is 4.79 Å². The Morgan fingerprint density at radius 2 is 1.95 bits per heavy atom. The summed E-state index contributed by atoms with van der Waals surface area (Å²) in [7, 11) is 0. The molecule has 19 heavy (non-hydrogen) atoms. The topological polar surface area (TPSA) is 58.2 Å². The van der Waals surface area contributed by atoms with Gasteiger partial charge in [0.25, 0.3) is 0 Å². The van der Waals surface area contributed by atoms with E-state index in [1.165, 1.54) is 6.92 Å². The number of ketones is 1. The van der Waals surface area contributed by atoms with Gasteiger partial charge in [0.15, 0.2) is 0 Å². The van der Waals surface area contributed by atoms with Crippen molar-refractivity contribution in [3.8, 4) is 0 Å². The molecule has 0 fully saturated rings. The molecule has 0 spiro atoms. The lowest BCUT2D eigenvalue weighted by Gasteiger charge is -2.15. The normalized spacial score (nSPS) is 11.7. The van der Waals surface area contributed by atoms with Gasteiger partial charge in [0.1, 0.15) is 5.78 Å². The van der Waals surface area contributed by atoms with Gasteiger partial charge in [0.2, 0.25) is 0 Å². The van der Waals surface area contributed by atoms with E-state index < -0.39 is 0 Å². The van der Waals surface area contributed by atoms with E-state index >= 15 is 0 Å². The maximum Gasteiger partial charge on any atom is 0.319 e. The number of Topliss-reactive ketones (excluding diaryl/α,β-unsaturated/α-hetero) is 1. The highest BCUT2D eigenvalue weighted by atomic mass is 16.2. The number of rotatable bonds is 6. The van der Waals surface area contributed by atoms with Crippen LogP contribution in [0.25, 0.3) is 0 Å². The van der Waals surface area contributed by atoms with E-state index in [0.29, 0.717) is 18.9 Å². The van der Waals surface area contributed by atoms with Crippen molar-refractivity contribution in [1.82, 2.24) is 5.32 Å². The first-order valence-electron chi connectivity index (χ1n) is 6.67. The second-order valence-corrected chi connectivity index (χ2v) is 4.73. The largest absolute Gasteiger partial charge is 0.337 e. The van der Waals surface area contributed by atoms with Gasteiger partial charge in [-0.15, -0.1) is 0 Å². The predicted octanol–water partition coefficient (Wildman–Crippen LogP) is 3.30. The second kappa shape index (κ2) is 7.56. The van der Waals surface area contributed by atoms with Crippen molar-refractivity contribution in [2.24, 2.45) is 0 Å². The van der Waals surface area contributed by atoms with Crippen molar-refractivity contribution in [2.45, 2.75) is 39.5 Å².